The first-order chi connectivity index (χ1) is 42.7. The molecule has 89 heavy (non-hydrogen) atoms. The molecule has 0 fully saturated rings. The molecule has 18 nitrogen and oxygen atoms in total. The van der Waals surface area contributed by atoms with Gasteiger partial charge in [-0.25, -0.2) is 19.2 Å². The Morgan fingerprint density at radius 2 is 0.685 bits per heavy atom. The summed E-state index contributed by atoms with van der Waals surface area (Å²) in [5.74, 6) is -4.82. The van der Waals surface area contributed by atoms with Gasteiger partial charge in [-0.05, 0) is 121 Å². The number of methoxy groups -OCH3 is 2. The molecule has 0 rings (SSSR count). The number of ether oxygens (including phenoxy) is 8. The van der Waals surface area contributed by atoms with Crippen molar-refractivity contribution in [1.29, 1.82) is 0 Å². The zero-order valence-electron chi connectivity index (χ0n) is 54.8. The number of esters is 8. The predicted molar refractivity (Wildman–Crippen MR) is 351 cm³/mol. The Kier molecular flexibility index (Phi) is 55.1. The third-order valence-electron chi connectivity index (χ3n) is 12.6. The summed E-state index contributed by atoms with van der Waals surface area (Å²) in [5, 5.41) is 9.17. The maximum Gasteiger partial charge on any atom is 0.331 e. The molecule has 0 aromatic rings. The summed E-state index contributed by atoms with van der Waals surface area (Å²) in [6.45, 7) is 13.7. The number of rotatable bonds is 48. The Hall–Kier alpha value is -7.22. The summed E-state index contributed by atoms with van der Waals surface area (Å²) in [6, 6.07) is 0. The van der Waals surface area contributed by atoms with E-state index in [2.05, 4.69) is 173 Å². The predicted octanol–water partition coefficient (Wildman–Crippen LogP) is 13.8. The van der Waals surface area contributed by atoms with E-state index in [0.29, 0.717) is 32.1 Å². The maximum atomic E-state index is 12.3. The first kappa shape index (κ1) is 83.8. The molecule has 0 aliphatic rings. The number of carbonyl (C=O) groups excluding carboxylic acids is 8. The Bertz CT molecular complexity index is 2340. The fraction of sp³-hybridized carbons (Fsp3) is 0.543. The van der Waals surface area contributed by atoms with Crippen LogP contribution in [0.4, 0.5) is 0 Å². The van der Waals surface area contributed by atoms with Crippen LogP contribution in [0, 0.1) is 0 Å². The second kappa shape index (κ2) is 58.5. The first-order valence-electron chi connectivity index (χ1n) is 31.0. The standard InChI is InChI=1S/C38H60O9Si.C32H46O9/c1-8-9-10-11-12-13-14-15-16-17-18-19-20-21-22-23-24-26-35(40)44-30-25-27-36(41)45-31-33(32-46-48(6,7)38(2,3)4)47-37(42)29-28-34(39)43-5;1-3-4-5-6-7-8-9-10-11-12-13-14-15-16-17-18-19-21-30(35)39-25-20-22-31(36)40-27-28(26-33)41-32(37)24-23-29(34)38-2/h9-10,12-13,15-16,18-19,21-22,28-29,33H,8,11,14,17,20,23-27,30-32H2,1-7H3;4-5,7-8,10-11,13-14,16-17,23-24,28,33H,3,6,9,12,15,18-22,25-27H2,1-2H3/b10-9-,13-12-,16-15-,19-18-,22-21-,29-28+;5-4-,8-7-,11-10-,14-13-,17-16-,24-23+. The van der Waals surface area contributed by atoms with E-state index >= 15 is 0 Å². The fourth-order valence-electron chi connectivity index (χ4n) is 6.50. The number of hydrogen-bond acceptors (Lipinski definition) is 18. The van der Waals surface area contributed by atoms with Crippen molar-refractivity contribution in [3.8, 4) is 0 Å². The largest absolute Gasteiger partial charge is 0.466 e. The van der Waals surface area contributed by atoms with Crippen molar-refractivity contribution < 1.29 is 85.8 Å². The average Bonchev–Trinajstić information content (AvgIpc) is 2.02. The third-order valence-corrected chi connectivity index (χ3v) is 17.1. The monoisotopic (exact) mass is 1260 g/mol. The number of unbranched alkanes of at least 4 members (excludes halogenated alkanes) is 2. The van der Waals surface area contributed by atoms with Gasteiger partial charge in [0.25, 0.3) is 0 Å². The van der Waals surface area contributed by atoms with Crippen molar-refractivity contribution in [2.45, 2.75) is 193 Å². The van der Waals surface area contributed by atoms with Gasteiger partial charge >= 0.3 is 47.8 Å². The van der Waals surface area contributed by atoms with E-state index in [1.807, 2.05) is 6.08 Å². The van der Waals surface area contributed by atoms with Crippen LogP contribution in [-0.4, -0.2) is 127 Å². The van der Waals surface area contributed by atoms with Crippen LogP contribution in [0.2, 0.25) is 18.1 Å². The Morgan fingerprint density at radius 1 is 0.393 bits per heavy atom. The lowest BCUT2D eigenvalue weighted by atomic mass is 10.2. The van der Waals surface area contributed by atoms with Crippen molar-refractivity contribution >= 4 is 56.1 Å². The van der Waals surface area contributed by atoms with Crippen molar-refractivity contribution in [2.24, 2.45) is 0 Å². The quantitative estimate of drug-likeness (QED) is 0.0149. The summed E-state index contributed by atoms with van der Waals surface area (Å²) in [4.78, 5) is 94.0. The maximum absolute atomic E-state index is 12.3. The molecule has 498 valence electrons. The van der Waals surface area contributed by atoms with E-state index in [0.717, 1.165) is 108 Å². The zero-order chi connectivity index (χ0) is 66.5. The number of aliphatic hydroxyl groups excluding tert-OH is 1. The van der Waals surface area contributed by atoms with Crippen LogP contribution in [0.25, 0.3) is 0 Å². The summed E-state index contributed by atoms with van der Waals surface area (Å²) < 4.78 is 45.9. The molecular formula is C70H106O18Si. The van der Waals surface area contributed by atoms with Crippen LogP contribution >= 0.6 is 0 Å². The summed E-state index contributed by atoms with van der Waals surface area (Å²) in [7, 11) is 0.185. The number of carbonyl (C=O) groups is 8. The van der Waals surface area contributed by atoms with Gasteiger partial charge in [0.05, 0.1) is 40.6 Å². The van der Waals surface area contributed by atoms with Gasteiger partial charge in [-0.1, -0.05) is 156 Å². The number of hydrogen-bond donors (Lipinski definition) is 1. The van der Waals surface area contributed by atoms with Gasteiger partial charge in [0, 0.05) is 50.0 Å². The molecule has 0 saturated carbocycles. The van der Waals surface area contributed by atoms with Crippen LogP contribution in [-0.2, 0) is 80.7 Å². The molecule has 0 spiro atoms. The van der Waals surface area contributed by atoms with Crippen molar-refractivity contribution in [2.75, 3.05) is 53.9 Å². The number of aliphatic hydroxyl groups is 1. The minimum Gasteiger partial charge on any atom is -0.466 e. The van der Waals surface area contributed by atoms with Gasteiger partial charge in [0.15, 0.2) is 20.5 Å². The van der Waals surface area contributed by atoms with Crippen LogP contribution in [0.5, 0.6) is 0 Å². The normalized spacial score (nSPS) is 13.1. The topological polar surface area (TPSA) is 240 Å². The molecule has 0 heterocycles. The van der Waals surface area contributed by atoms with Crippen LogP contribution in [0.3, 0.4) is 0 Å². The molecule has 1 N–H and O–H groups in total. The molecule has 0 aliphatic carbocycles. The van der Waals surface area contributed by atoms with E-state index in [4.69, 9.17) is 32.8 Å². The van der Waals surface area contributed by atoms with Crippen molar-refractivity contribution in [3.05, 3.63) is 146 Å². The molecular weight excluding hydrogens is 1160 g/mol. The molecule has 0 radical (unpaired) electrons. The highest BCUT2D eigenvalue weighted by Crippen LogP contribution is 2.36. The molecule has 0 bridgehead atoms. The number of allylic oxidation sites excluding steroid dienone is 20. The summed E-state index contributed by atoms with van der Waals surface area (Å²) in [5.41, 5.74) is 0. The Balaban J connectivity index is 0. The van der Waals surface area contributed by atoms with Gasteiger partial charge < -0.3 is 47.4 Å². The minimum atomic E-state index is -2.17. The molecule has 0 aromatic heterocycles. The minimum absolute atomic E-state index is 0.00164. The van der Waals surface area contributed by atoms with E-state index in [1.165, 1.54) is 7.11 Å². The van der Waals surface area contributed by atoms with Gasteiger partial charge in [0.1, 0.15) is 13.2 Å². The molecule has 19 heteroatoms. The third kappa shape index (κ3) is 57.0. The van der Waals surface area contributed by atoms with Crippen LogP contribution in [0.1, 0.15) is 163 Å². The highest BCUT2D eigenvalue weighted by molar-refractivity contribution is 6.74. The SMILES string of the molecule is CC/C=C\C/C=C\C/C=C\C/C=C\C/C=C\CCCC(=O)OCCCC(=O)OCC(CO)OC(=O)/C=C/C(=O)OC.CC/C=C\C/C=C\C/C=C\C/C=C\C/C=C\CCCC(=O)OCCCC(=O)OCC(CO[Si](C)(C)C(C)(C)C)OC(=O)/C=C/C(=O)OC. The second-order valence-electron chi connectivity index (χ2n) is 21.3. The Labute approximate surface area is 532 Å². The smallest absolute Gasteiger partial charge is 0.331 e. The molecule has 0 aromatic carbocycles. The van der Waals surface area contributed by atoms with E-state index in [1.54, 1.807) is 0 Å². The lowest BCUT2D eigenvalue weighted by Crippen LogP contribution is -2.44. The van der Waals surface area contributed by atoms with Gasteiger partial charge in [-0.3, -0.25) is 19.2 Å². The highest BCUT2D eigenvalue weighted by atomic mass is 28.4. The zero-order valence-corrected chi connectivity index (χ0v) is 55.8. The van der Waals surface area contributed by atoms with Crippen LogP contribution < -0.4 is 0 Å². The van der Waals surface area contributed by atoms with E-state index in [9.17, 15) is 43.5 Å². The summed E-state index contributed by atoms with van der Waals surface area (Å²) in [6.07, 6.45) is 58.4. The van der Waals surface area contributed by atoms with Gasteiger partial charge in [-0.15, -0.1) is 0 Å². The van der Waals surface area contributed by atoms with E-state index in [-0.39, 0.29) is 69.3 Å². The lowest BCUT2D eigenvalue weighted by Gasteiger charge is -2.37. The molecule has 0 saturated heterocycles. The van der Waals surface area contributed by atoms with Crippen molar-refractivity contribution in [3.63, 3.8) is 0 Å². The first-order valence-corrected chi connectivity index (χ1v) is 34.0. The van der Waals surface area contributed by atoms with Crippen molar-refractivity contribution in [1.82, 2.24) is 0 Å². The van der Waals surface area contributed by atoms with E-state index < -0.39 is 62.9 Å². The lowest BCUT2D eigenvalue weighted by molar-refractivity contribution is -0.158. The fourth-order valence-corrected chi connectivity index (χ4v) is 7.54. The van der Waals surface area contributed by atoms with Gasteiger partial charge in [-0.2, -0.15) is 0 Å². The molecule has 0 amide bonds. The van der Waals surface area contributed by atoms with Crippen LogP contribution in [0.15, 0.2) is 146 Å². The molecule has 2 atom stereocenters. The molecule has 0 aliphatic heterocycles. The average molecular weight is 1260 g/mol. The highest BCUT2D eigenvalue weighted by Gasteiger charge is 2.38. The second-order valence-corrected chi connectivity index (χ2v) is 26.1. The molecule has 2 unspecified atom stereocenters. The Morgan fingerprint density at radius 3 is 1.01 bits per heavy atom. The van der Waals surface area contributed by atoms with Gasteiger partial charge in [0.2, 0.25) is 0 Å². The summed E-state index contributed by atoms with van der Waals surface area (Å²) >= 11 is 0.